The summed E-state index contributed by atoms with van der Waals surface area (Å²) in [4.78, 5) is 21.8. The summed E-state index contributed by atoms with van der Waals surface area (Å²) in [5.41, 5.74) is 4.19. The van der Waals surface area contributed by atoms with Crippen LogP contribution in [0.15, 0.2) is 72.8 Å². The van der Waals surface area contributed by atoms with E-state index in [1.54, 1.807) is 0 Å². The Labute approximate surface area is 212 Å². The monoisotopic (exact) mass is 512 g/mol. The molecule has 1 aliphatic carbocycles. The van der Waals surface area contributed by atoms with Gasteiger partial charge in [0.2, 0.25) is 0 Å². The van der Waals surface area contributed by atoms with Crippen LogP contribution in [0.3, 0.4) is 0 Å². The highest BCUT2D eigenvalue weighted by Gasteiger charge is 2.40. The third kappa shape index (κ3) is 6.41. The molecule has 0 saturated heterocycles. The number of hydrogen-bond donors (Lipinski definition) is 3. The minimum atomic E-state index is -5.08. The van der Waals surface area contributed by atoms with Gasteiger partial charge in [0.1, 0.15) is 11.5 Å². The molecule has 0 bridgehead atoms. The number of anilines is 2. The first-order chi connectivity index (χ1) is 17.7. The third-order valence-corrected chi connectivity index (χ3v) is 6.61. The van der Waals surface area contributed by atoms with Crippen molar-refractivity contribution in [3.8, 4) is 11.5 Å². The molecule has 0 atom stereocenters. The molecule has 2 aliphatic rings. The number of para-hydroxylation sites is 1. The van der Waals surface area contributed by atoms with Gasteiger partial charge in [-0.2, -0.15) is 13.2 Å². The fourth-order valence-corrected chi connectivity index (χ4v) is 4.75. The Balaban J connectivity index is 0.000000405. The van der Waals surface area contributed by atoms with Gasteiger partial charge < -0.3 is 20.5 Å². The number of ether oxygens (including phenoxy) is 1. The number of fused-ring (bicyclic) bond motifs is 2. The predicted octanol–water partition coefficient (Wildman–Crippen LogP) is 6.99. The molecule has 1 spiro atoms. The minimum absolute atomic E-state index is 0.0765. The fourth-order valence-electron chi connectivity index (χ4n) is 4.75. The molecule has 3 aromatic carbocycles. The smallest absolute Gasteiger partial charge is 0.475 e. The maximum atomic E-state index is 12.9. The maximum absolute atomic E-state index is 12.9. The number of carbonyl (C=O) groups excluding carboxylic acids is 1. The highest BCUT2D eigenvalue weighted by molar-refractivity contribution is 6.04. The van der Waals surface area contributed by atoms with Crippen molar-refractivity contribution >= 4 is 23.3 Å². The van der Waals surface area contributed by atoms with E-state index in [0.29, 0.717) is 5.56 Å². The Morgan fingerprint density at radius 1 is 0.892 bits per heavy atom. The van der Waals surface area contributed by atoms with Crippen molar-refractivity contribution in [3.63, 3.8) is 0 Å². The topological polar surface area (TPSA) is 87.7 Å². The van der Waals surface area contributed by atoms with Crippen molar-refractivity contribution in [3.05, 3.63) is 83.9 Å². The zero-order valence-electron chi connectivity index (χ0n) is 20.0. The summed E-state index contributed by atoms with van der Waals surface area (Å²) >= 11 is 0. The van der Waals surface area contributed by atoms with E-state index < -0.39 is 12.1 Å². The summed E-state index contributed by atoms with van der Waals surface area (Å²) in [5, 5.41) is 13.7. The molecule has 37 heavy (non-hydrogen) atoms. The van der Waals surface area contributed by atoms with E-state index in [1.165, 1.54) is 43.4 Å². The lowest BCUT2D eigenvalue weighted by Crippen LogP contribution is -2.31. The molecule has 1 fully saturated rings. The largest absolute Gasteiger partial charge is 0.490 e. The number of halogens is 3. The van der Waals surface area contributed by atoms with Gasteiger partial charge in [0.05, 0.1) is 0 Å². The molecule has 0 unspecified atom stereocenters. The first kappa shape index (κ1) is 26.1. The van der Waals surface area contributed by atoms with Gasteiger partial charge in [0, 0.05) is 28.9 Å². The first-order valence-corrected chi connectivity index (χ1v) is 12.0. The number of carbonyl (C=O) groups is 2. The molecule has 6 nitrogen and oxygen atoms in total. The SMILES string of the molecule is O=C(Nc1ccc(Oc2ccccc2)cc1)c1ccc2c(c1)C1(CCCCC1)CN2.O=C(O)C(F)(F)F. The van der Waals surface area contributed by atoms with Crippen molar-refractivity contribution in [2.24, 2.45) is 0 Å². The number of hydrogen-bond acceptors (Lipinski definition) is 4. The Bertz CT molecular complexity index is 1230. The summed E-state index contributed by atoms with van der Waals surface area (Å²) in [6.45, 7) is 0.996. The minimum Gasteiger partial charge on any atom is -0.475 e. The predicted molar refractivity (Wildman–Crippen MR) is 134 cm³/mol. The standard InChI is InChI=1S/C26H26N2O2.C2HF3O2/c29-25(28-20-10-12-22(13-11-20)30-21-7-3-1-4-8-21)19-9-14-24-23(17-19)26(18-27-24)15-5-2-6-16-26;3-2(4,5)1(6)7/h1,3-4,7-14,17,27H,2,5-6,15-16,18H2,(H,28,29);(H,6,7). The quantitative estimate of drug-likeness (QED) is 0.351. The van der Waals surface area contributed by atoms with Gasteiger partial charge in [0.25, 0.3) is 5.91 Å². The average molecular weight is 513 g/mol. The van der Waals surface area contributed by atoms with Crippen LogP contribution in [0, 0.1) is 0 Å². The van der Waals surface area contributed by atoms with E-state index in [4.69, 9.17) is 14.6 Å². The van der Waals surface area contributed by atoms with Crippen molar-refractivity contribution in [1.82, 2.24) is 0 Å². The molecule has 194 valence electrons. The molecule has 1 heterocycles. The number of rotatable bonds is 4. The Hall–Kier alpha value is -4.01. The van der Waals surface area contributed by atoms with Crippen LogP contribution >= 0.6 is 0 Å². The number of aliphatic carboxylic acids is 1. The molecule has 1 saturated carbocycles. The molecule has 5 rings (SSSR count). The van der Waals surface area contributed by atoms with Crippen molar-refractivity contribution in [2.45, 2.75) is 43.7 Å². The second-order valence-corrected chi connectivity index (χ2v) is 9.15. The molecule has 3 N–H and O–H groups in total. The van der Waals surface area contributed by atoms with E-state index in [1.807, 2.05) is 60.7 Å². The van der Waals surface area contributed by atoms with Crippen LogP contribution in [-0.4, -0.2) is 29.7 Å². The number of carboxylic acids is 1. The number of carboxylic acid groups (broad SMARTS) is 1. The van der Waals surface area contributed by atoms with Crippen LogP contribution in [0.4, 0.5) is 24.5 Å². The van der Waals surface area contributed by atoms with Crippen LogP contribution in [-0.2, 0) is 10.2 Å². The second kappa shape index (κ2) is 10.9. The van der Waals surface area contributed by atoms with Crippen molar-refractivity contribution in [1.29, 1.82) is 0 Å². The highest BCUT2D eigenvalue weighted by Crippen LogP contribution is 2.46. The summed E-state index contributed by atoms with van der Waals surface area (Å²) in [5.74, 6) is -1.31. The summed E-state index contributed by atoms with van der Waals surface area (Å²) in [6, 6.07) is 23.2. The second-order valence-electron chi connectivity index (χ2n) is 9.15. The normalized spacial score (nSPS) is 15.5. The van der Waals surface area contributed by atoms with Crippen molar-refractivity contribution < 1.29 is 32.6 Å². The molecule has 9 heteroatoms. The molecular formula is C28H27F3N2O4. The van der Waals surface area contributed by atoms with Gasteiger partial charge in [-0.05, 0) is 73.0 Å². The van der Waals surface area contributed by atoms with E-state index in [2.05, 4.69) is 22.8 Å². The zero-order valence-corrected chi connectivity index (χ0v) is 20.0. The van der Waals surface area contributed by atoms with E-state index in [0.717, 1.165) is 23.7 Å². The van der Waals surface area contributed by atoms with Crippen LogP contribution in [0.5, 0.6) is 11.5 Å². The first-order valence-electron chi connectivity index (χ1n) is 12.0. The molecule has 1 amide bonds. The van der Waals surface area contributed by atoms with Gasteiger partial charge >= 0.3 is 12.1 Å². The number of nitrogens with one attached hydrogen (secondary N) is 2. The Morgan fingerprint density at radius 2 is 1.51 bits per heavy atom. The summed E-state index contributed by atoms with van der Waals surface area (Å²) in [7, 11) is 0. The molecule has 0 aromatic heterocycles. The number of amides is 1. The van der Waals surface area contributed by atoms with Gasteiger partial charge in [-0.25, -0.2) is 4.79 Å². The lowest BCUT2D eigenvalue weighted by Gasteiger charge is -2.33. The maximum Gasteiger partial charge on any atom is 0.490 e. The molecule has 3 aromatic rings. The highest BCUT2D eigenvalue weighted by atomic mass is 19.4. The van der Waals surface area contributed by atoms with Crippen molar-refractivity contribution in [2.75, 3.05) is 17.2 Å². The summed E-state index contributed by atoms with van der Waals surface area (Å²) in [6.07, 6.45) is 1.20. The number of benzene rings is 3. The van der Waals surface area contributed by atoms with E-state index in [9.17, 15) is 18.0 Å². The van der Waals surface area contributed by atoms with E-state index in [-0.39, 0.29) is 11.3 Å². The number of alkyl halides is 3. The lowest BCUT2D eigenvalue weighted by atomic mass is 9.70. The molecule has 0 radical (unpaired) electrons. The average Bonchev–Trinajstić information content (AvgIpc) is 3.23. The van der Waals surface area contributed by atoms with Crippen LogP contribution < -0.4 is 15.4 Å². The van der Waals surface area contributed by atoms with E-state index >= 15 is 0 Å². The lowest BCUT2D eigenvalue weighted by molar-refractivity contribution is -0.192. The van der Waals surface area contributed by atoms with Crippen LogP contribution in [0.25, 0.3) is 0 Å². The molecule has 1 aliphatic heterocycles. The zero-order chi connectivity index (χ0) is 26.5. The summed E-state index contributed by atoms with van der Waals surface area (Å²) < 4.78 is 37.6. The Morgan fingerprint density at radius 3 is 2.14 bits per heavy atom. The van der Waals surface area contributed by atoms with Crippen LogP contribution in [0.1, 0.15) is 48.0 Å². The molecular weight excluding hydrogens is 485 g/mol. The van der Waals surface area contributed by atoms with Gasteiger partial charge in [-0.3, -0.25) is 4.79 Å². The van der Waals surface area contributed by atoms with Gasteiger partial charge in [-0.15, -0.1) is 0 Å². The fraction of sp³-hybridized carbons (Fsp3) is 0.286. The Kier molecular flexibility index (Phi) is 7.71. The van der Waals surface area contributed by atoms with Gasteiger partial charge in [0.15, 0.2) is 0 Å². The van der Waals surface area contributed by atoms with Gasteiger partial charge in [-0.1, -0.05) is 37.5 Å². The van der Waals surface area contributed by atoms with Crippen LogP contribution in [0.2, 0.25) is 0 Å². The third-order valence-electron chi connectivity index (χ3n) is 6.61.